The van der Waals surface area contributed by atoms with Gasteiger partial charge in [0.2, 0.25) is 11.8 Å². The summed E-state index contributed by atoms with van der Waals surface area (Å²) in [6.07, 6.45) is 4.38. The van der Waals surface area contributed by atoms with Crippen LogP contribution in [-0.4, -0.2) is 43.9 Å². The first-order valence-corrected chi connectivity index (χ1v) is 8.06. The van der Waals surface area contributed by atoms with E-state index in [1.54, 1.807) is 0 Å². The van der Waals surface area contributed by atoms with Gasteiger partial charge in [-0.25, -0.2) is 0 Å². The lowest BCUT2D eigenvalue weighted by molar-refractivity contribution is -0.122. The Morgan fingerprint density at radius 1 is 0.950 bits per heavy atom. The third-order valence-electron chi connectivity index (χ3n) is 2.68. The first-order valence-electron chi connectivity index (χ1n) is 7.42. The number of hydrogen-bond acceptors (Lipinski definition) is 4. The number of thiol groups is 1. The van der Waals surface area contributed by atoms with E-state index in [1.165, 1.54) is 0 Å². The van der Waals surface area contributed by atoms with Gasteiger partial charge in [0.25, 0.3) is 0 Å². The molecule has 0 aromatic heterocycles. The Labute approximate surface area is 127 Å². The Bertz CT molecular complexity index is 263. The average Bonchev–Trinajstić information content (AvgIpc) is 2.43. The van der Waals surface area contributed by atoms with E-state index in [-0.39, 0.29) is 11.8 Å². The Kier molecular flexibility index (Phi) is 14.1. The fraction of sp³-hybridized carbons (Fsp3) is 0.857. The van der Waals surface area contributed by atoms with Crippen LogP contribution in [0.3, 0.4) is 0 Å². The molecule has 2 N–H and O–H groups in total. The summed E-state index contributed by atoms with van der Waals surface area (Å²) in [6.45, 7) is 4.53. The molecule has 0 fully saturated rings. The molecule has 0 saturated heterocycles. The lowest BCUT2D eigenvalue weighted by Gasteiger charge is -2.06. The van der Waals surface area contributed by atoms with Crippen molar-refractivity contribution in [3.8, 4) is 0 Å². The highest BCUT2D eigenvalue weighted by Gasteiger charge is 2.04. The van der Waals surface area contributed by atoms with Crippen LogP contribution in [-0.2, 0) is 14.3 Å². The van der Waals surface area contributed by atoms with Crippen LogP contribution in [0.5, 0.6) is 0 Å². The number of carbonyl (C=O) groups is 2. The molecule has 0 rings (SSSR count). The number of amides is 2. The van der Waals surface area contributed by atoms with Gasteiger partial charge in [0, 0.05) is 32.5 Å². The summed E-state index contributed by atoms with van der Waals surface area (Å²) in [4.78, 5) is 22.9. The lowest BCUT2D eigenvalue weighted by Crippen LogP contribution is -2.28. The molecule has 0 aromatic rings. The highest BCUT2D eigenvalue weighted by Crippen LogP contribution is 1.96. The maximum atomic E-state index is 11.5. The third-order valence-corrected chi connectivity index (χ3v) is 2.99. The highest BCUT2D eigenvalue weighted by molar-refractivity contribution is 7.80. The van der Waals surface area contributed by atoms with Gasteiger partial charge in [0.1, 0.15) is 0 Å². The van der Waals surface area contributed by atoms with Gasteiger partial charge in [-0.15, -0.1) is 0 Å². The van der Waals surface area contributed by atoms with Crippen molar-refractivity contribution in [2.45, 2.75) is 45.4 Å². The van der Waals surface area contributed by atoms with E-state index in [0.717, 1.165) is 31.6 Å². The number of unbranched alkanes of at least 4 members (excludes halogenated alkanes) is 1. The second-order valence-corrected chi connectivity index (χ2v) is 5.04. The van der Waals surface area contributed by atoms with E-state index >= 15 is 0 Å². The van der Waals surface area contributed by atoms with E-state index in [2.05, 4.69) is 30.2 Å². The topological polar surface area (TPSA) is 67.4 Å². The molecule has 0 aliphatic rings. The van der Waals surface area contributed by atoms with Crippen LogP contribution >= 0.6 is 12.6 Å². The summed E-state index contributed by atoms with van der Waals surface area (Å²) >= 11 is 4.08. The number of carbonyl (C=O) groups excluding carboxylic acids is 2. The first kappa shape index (κ1) is 19.2. The smallest absolute Gasteiger partial charge is 0.220 e. The van der Waals surface area contributed by atoms with Crippen LogP contribution in [0.4, 0.5) is 0 Å². The molecule has 0 heterocycles. The Morgan fingerprint density at radius 3 is 2.20 bits per heavy atom. The van der Waals surface area contributed by atoms with Gasteiger partial charge >= 0.3 is 0 Å². The molecule has 0 unspecified atom stereocenters. The highest BCUT2D eigenvalue weighted by atomic mass is 32.1. The third kappa shape index (κ3) is 13.7. The zero-order valence-corrected chi connectivity index (χ0v) is 13.3. The van der Waals surface area contributed by atoms with Gasteiger partial charge in [-0.05, 0) is 25.0 Å². The molecule has 0 saturated carbocycles. The minimum absolute atomic E-state index is 0.0239. The van der Waals surface area contributed by atoms with Gasteiger partial charge in [-0.3, -0.25) is 9.59 Å². The molecule has 0 spiro atoms. The monoisotopic (exact) mass is 304 g/mol. The summed E-state index contributed by atoms with van der Waals surface area (Å²) in [5, 5.41) is 5.60. The zero-order chi connectivity index (χ0) is 15.1. The van der Waals surface area contributed by atoms with Crippen molar-refractivity contribution < 1.29 is 14.3 Å². The fourth-order valence-corrected chi connectivity index (χ4v) is 1.65. The second-order valence-electron chi connectivity index (χ2n) is 4.60. The minimum atomic E-state index is -0.0239. The van der Waals surface area contributed by atoms with E-state index in [9.17, 15) is 9.59 Å². The van der Waals surface area contributed by atoms with Gasteiger partial charge in [-0.1, -0.05) is 13.3 Å². The predicted molar refractivity (Wildman–Crippen MR) is 84.1 cm³/mol. The number of hydrogen-bond donors (Lipinski definition) is 3. The molecule has 5 nitrogen and oxygen atoms in total. The Balaban J connectivity index is 3.33. The summed E-state index contributed by atoms with van der Waals surface area (Å²) in [7, 11) is 0. The molecular weight excluding hydrogens is 276 g/mol. The molecule has 0 aliphatic heterocycles. The van der Waals surface area contributed by atoms with E-state index in [1.807, 2.05) is 0 Å². The molecule has 0 aliphatic carbocycles. The SMILES string of the molecule is CCCCNC(=O)CCCC(=O)NCCOCCCS. The van der Waals surface area contributed by atoms with Crippen LogP contribution < -0.4 is 10.6 Å². The summed E-state index contributed by atoms with van der Waals surface area (Å²) in [6, 6.07) is 0. The molecule has 0 radical (unpaired) electrons. The molecule has 118 valence electrons. The van der Waals surface area contributed by atoms with Crippen molar-refractivity contribution >= 4 is 24.4 Å². The van der Waals surface area contributed by atoms with Crippen molar-refractivity contribution in [2.24, 2.45) is 0 Å². The lowest BCUT2D eigenvalue weighted by atomic mass is 10.2. The number of nitrogens with one attached hydrogen (secondary N) is 2. The number of rotatable bonds is 13. The summed E-state index contributed by atoms with van der Waals surface area (Å²) < 4.78 is 5.29. The van der Waals surface area contributed by atoms with Crippen molar-refractivity contribution in [2.75, 3.05) is 32.1 Å². The van der Waals surface area contributed by atoms with Gasteiger partial charge in [0.05, 0.1) is 6.61 Å². The summed E-state index contributed by atoms with van der Waals surface area (Å²) in [5.41, 5.74) is 0. The maximum Gasteiger partial charge on any atom is 0.220 e. The summed E-state index contributed by atoms with van der Waals surface area (Å²) in [5.74, 6) is 0.817. The molecule has 6 heteroatoms. The predicted octanol–water partition coefficient (Wildman–Crippen LogP) is 1.53. The zero-order valence-electron chi connectivity index (χ0n) is 12.5. The Morgan fingerprint density at radius 2 is 1.60 bits per heavy atom. The van der Waals surface area contributed by atoms with Crippen molar-refractivity contribution in [3.63, 3.8) is 0 Å². The first-order chi connectivity index (χ1) is 9.70. The largest absolute Gasteiger partial charge is 0.380 e. The van der Waals surface area contributed by atoms with Crippen LogP contribution in [0.15, 0.2) is 0 Å². The van der Waals surface area contributed by atoms with Gasteiger partial charge in [0.15, 0.2) is 0 Å². The average molecular weight is 304 g/mol. The Hall–Kier alpha value is -0.750. The molecule has 0 aromatic carbocycles. The van der Waals surface area contributed by atoms with E-state index in [4.69, 9.17) is 4.74 Å². The quantitative estimate of drug-likeness (QED) is 0.357. The second kappa shape index (κ2) is 14.7. The van der Waals surface area contributed by atoms with E-state index < -0.39 is 0 Å². The van der Waals surface area contributed by atoms with Crippen LogP contribution in [0, 0.1) is 0 Å². The van der Waals surface area contributed by atoms with Crippen molar-refractivity contribution in [1.82, 2.24) is 10.6 Å². The van der Waals surface area contributed by atoms with Crippen LogP contribution in [0.1, 0.15) is 45.4 Å². The van der Waals surface area contributed by atoms with Crippen molar-refractivity contribution in [1.29, 1.82) is 0 Å². The van der Waals surface area contributed by atoms with Crippen molar-refractivity contribution in [3.05, 3.63) is 0 Å². The molecule has 20 heavy (non-hydrogen) atoms. The normalized spacial score (nSPS) is 10.3. The molecular formula is C14H28N2O3S. The molecule has 0 bridgehead atoms. The van der Waals surface area contributed by atoms with Crippen LogP contribution in [0.2, 0.25) is 0 Å². The standard InChI is InChI=1S/C14H28N2O3S/c1-2-3-8-15-13(17)6-4-7-14(18)16-9-11-19-10-5-12-20/h20H,2-12H2,1H3,(H,15,17)(H,16,18). The van der Waals surface area contributed by atoms with Gasteiger partial charge in [-0.2, -0.15) is 12.6 Å². The van der Waals surface area contributed by atoms with E-state index in [0.29, 0.717) is 39.0 Å². The van der Waals surface area contributed by atoms with Crippen LogP contribution in [0.25, 0.3) is 0 Å². The number of ether oxygens (including phenoxy) is 1. The molecule has 2 amide bonds. The van der Waals surface area contributed by atoms with Gasteiger partial charge < -0.3 is 15.4 Å². The maximum absolute atomic E-state index is 11.5. The fourth-order valence-electron chi connectivity index (χ4n) is 1.52. The molecule has 0 atom stereocenters. The minimum Gasteiger partial charge on any atom is -0.380 e.